The SMILES string of the molecule is CCN(CC(C)(C)O)C(=O)NCc1ncoc1C. The summed E-state index contributed by atoms with van der Waals surface area (Å²) in [6.45, 7) is 8.15. The summed E-state index contributed by atoms with van der Waals surface area (Å²) in [5.74, 6) is 0.695. The molecule has 18 heavy (non-hydrogen) atoms. The molecule has 1 heterocycles. The van der Waals surface area contributed by atoms with Gasteiger partial charge < -0.3 is 19.7 Å². The van der Waals surface area contributed by atoms with Crippen molar-refractivity contribution in [1.29, 1.82) is 0 Å². The number of hydrogen-bond donors (Lipinski definition) is 2. The van der Waals surface area contributed by atoms with Crippen molar-refractivity contribution < 1.29 is 14.3 Å². The molecule has 0 atom stereocenters. The predicted octanol–water partition coefficient (Wildman–Crippen LogP) is 1.29. The first-order valence-corrected chi connectivity index (χ1v) is 5.97. The van der Waals surface area contributed by atoms with Crippen LogP contribution < -0.4 is 5.32 Å². The van der Waals surface area contributed by atoms with Crippen LogP contribution in [0.3, 0.4) is 0 Å². The van der Waals surface area contributed by atoms with Crippen molar-refractivity contribution in [2.75, 3.05) is 13.1 Å². The van der Waals surface area contributed by atoms with Gasteiger partial charge in [-0.05, 0) is 27.7 Å². The van der Waals surface area contributed by atoms with Crippen LogP contribution in [0.4, 0.5) is 4.79 Å². The molecular weight excluding hydrogens is 234 g/mol. The molecular formula is C12H21N3O3. The molecule has 0 aliphatic heterocycles. The number of carbonyl (C=O) groups excluding carboxylic acids is 1. The highest BCUT2D eigenvalue weighted by Crippen LogP contribution is 2.06. The molecule has 0 bridgehead atoms. The molecule has 1 rings (SSSR count). The standard InChI is InChI=1S/C12H21N3O3/c1-5-15(7-12(3,4)17)11(16)13-6-10-9(2)18-8-14-10/h8,17H,5-7H2,1-4H3,(H,13,16). The number of aryl methyl sites for hydroxylation is 1. The van der Waals surface area contributed by atoms with E-state index in [0.29, 0.717) is 24.5 Å². The first kappa shape index (κ1) is 14.5. The molecule has 2 amide bonds. The molecule has 1 aromatic rings. The van der Waals surface area contributed by atoms with Crippen molar-refractivity contribution in [3.8, 4) is 0 Å². The maximum Gasteiger partial charge on any atom is 0.317 e. The summed E-state index contributed by atoms with van der Waals surface area (Å²) in [4.78, 5) is 17.5. The van der Waals surface area contributed by atoms with E-state index in [1.807, 2.05) is 6.92 Å². The molecule has 6 nitrogen and oxygen atoms in total. The number of aromatic nitrogens is 1. The van der Waals surface area contributed by atoms with Gasteiger partial charge in [0.15, 0.2) is 6.39 Å². The summed E-state index contributed by atoms with van der Waals surface area (Å²) >= 11 is 0. The van der Waals surface area contributed by atoms with E-state index in [2.05, 4.69) is 10.3 Å². The number of rotatable bonds is 5. The quantitative estimate of drug-likeness (QED) is 0.831. The van der Waals surface area contributed by atoms with Crippen molar-refractivity contribution in [2.45, 2.75) is 39.8 Å². The maximum absolute atomic E-state index is 11.9. The number of carbonyl (C=O) groups is 1. The van der Waals surface area contributed by atoms with E-state index in [1.165, 1.54) is 6.39 Å². The molecule has 102 valence electrons. The number of nitrogens with zero attached hydrogens (tertiary/aromatic N) is 2. The van der Waals surface area contributed by atoms with Gasteiger partial charge in [-0.15, -0.1) is 0 Å². The van der Waals surface area contributed by atoms with Crippen LogP contribution in [-0.2, 0) is 6.54 Å². The zero-order valence-electron chi connectivity index (χ0n) is 11.4. The van der Waals surface area contributed by atoms with Gasteiger partial charge in [0.25, 0.3) is 0 Å². The number of urea groups is 1. The third-order valence-electron chi connectivity index (χ3n) is 2.50. The smallest absolute Gasteiger partial charge is 0.317 e. The normalized spacial score (nSPS) is 11.4. The van der Waals surface area contributed by atoms with Crippen LogP contribution >= 0.6 is 0 Å². The first-order chi connectivity index (χ1) is 8.33. The van der Waals surface area contributed by atoms with Crippen LogP contribution in [0.5, 0.6) is 0 Å². The second-order valence-corrected chi connectivity index (χ2v) is 4.84. The molecule has 6 heteroatoms. The lowest BCUT2D eigenvalue weighted by Gasteiger charge is -2.28. The Labute approximate surface area is 107 Å². The Morgan fingerprint density at radius 2 is 2.28 bits per heavy atom. The minimum atomic E-state index is -0.906. The fourth-order valence-electron chi connectivity index (χ4n) is 1.56. The van der Waals surface area contributed by atoms with Crippen molar-refractivity contribution >= 4 is 6.03 Å². The lowest BCUT2D eigenvalue weighted by atomic mass is 10.1. The summed E-state index contributed by atoms with van der Waals surface area (Å²) < 4.78 is 5.05. The fourth-order valence-corrected chi connectivity index (χ4v) is 1.56. The van der Waals surface area contributed by atoms with Gasteiger partial charge >= 0.3 is 6.03 Å². The van der Waals surface area contributed by atoms with E-state index in [0.717, 1.165) is 0 Å². The van der Waals surface area contributed by atoms with Crippen LogP contribution in [-0.4, -0.2) is 39.7 Å². The Morgan fingerprint density at radius 3 is 2.72 bits per heavy atom. The van der Waals surface area contributed by atoms with Gasteiger partial charge in [-0.25, -0.2) is 9.78 Å². The van der Waals surface area contributed by atoms with Crippen molar-refractivity contribution in [2.24, 2.45) is 0 Å². The predicted molar refractivity (Wildman–Crippen MR) is 67.0 cm³/mol. The second kappa shape index (κ2) is 5.86. The van der Waals surface area contributed by atoms with Gasteiger partial charge in [0.05, 0.1) is 18.7 Å². The molecule has 0 unspecified atom stereocenters. The Balaban J connectivity index is 2.51. The molecule has 0 aromatic carbocycles. The third-order valence-corrected chi connectivity index (χ3v) is 2.50. The van der Waals surface area contributed by atoms with E-state index in [4.69, 9.17) is 4.42 Å². The molecule has 0 fully saturated rings. The Kier molecular flexibility index (Phi) is 4.72. The summed E-state index contributed by atoms with van der Waals surface area (Å²) in [5, 5.41) is 12.5. The molecule has 1 aromatic heterocycles. The van der Waals surface area contributed by atoms with Crippen molar-refractivity contribution in [1.82, 2.24) is 15.2 Å². The average molecular weight is 255 g/mol. The molecule has 2 N–H and O–H groups in total. The molecule has 0 saturated heterocycles. The van der Waals surface area contributed by atoms with Gasteiger partial charge in [-0.3, -0.25) is 0 Å². The van der Waals surface area contributed by atoms with Crippen molar-refractivity contribution in [3.05, 3.63) is 17.8 Å². The van der Waals surface area contributed by atoms with E-state index < -0.39 is 5.60 Å². The third kappa shape index (κ3) is 4.37. The molecule has 0 aliphatic rings. The fraction of sp³-hybridized carbons (Fsp3) is 0.667. The van der Waals surface area contributed by atoms with Crippen LogP contribution in [0.25, 0.3) is 0 Å². The number of nitrogens with one attached hydrogen (secondary N) is 1. The largest absolute Gasteiger partial charge is 0.448 e. The molecule has 0 aliphatic carbocycles. The number of aliphatic hydroxyl groups is 1. The number of amides is 2. The minimum Gasteiger partial charge on any atom is -0.448 e. The average Bonchev–Trinajstić information content (AvgIpc) is 2.67. The highest BCUT2D eigenvalue weighted by Gasteiger charge is 2.21. The second-order valence-electron chi connectivity index (χ2n) is 4.84. The number of likely N-dealkylation sites (N-methyl/N-ethyl adjacent to an activating group) is 1. The zero-order chi connectivity index (χ0) is 13.8. The van der Waals surface area contributed by atoms with Gasteiger partial charge in [0.2, 0.25) is 0 Å². The zero-order valence-corrected chi connectivity index (χ0v) is 11.4. The van der Waals surface area contributed by atoms with Crippen LogP contribution in [0, 0.1) is 6.92 Å². The molecule has 0 radical (unpaired) electrons. The topological polar surface area (TPSA) is 78.6 Å². The molecule has 0 spiro atoms. The van der Waals surface area contributed by atoms with Gasteiger partial charge in [-0.1, -0.05) is 0 Å². The van der Waals surface area contributed by atoms with Crippen LogP contribution in [0.15, 0.2) is 10.8 Å². The van der Waals surface area contributed by atoms with Crippen molar-refractivity contribution in [3.63, 3.8) is 0 Å². The highest BCUT2D eigenvalue weighted by molar-refractivity contribution is 5.74. The summed E-state index contributed by atoms with van der Waals surface area (Å²) in [7, 11) is 0. The number of oxazole rings is 1. The Hall–Kier alpha value is -1.56. The van der Waals surface area contributed by atoms with E-state index >= 15 is 0 Å². The first-order valence-electron chi connectivity index (χ1n) is 5.97. The lowest BCUT2D eigenvalue weighted by molar-refractivity contribution is 0.0479. The summed E-state index contributed by atoms with van der Waals surface area (Å²) in [5.41, 5.74) is -0.195. The maximum atomic E-state index is 11.9. The summed E-state index contributed by atoms with van der Waals surface area (Å²) in [6.07, 6.45) is 1.35. The molecule has 0 saturated carbocycles. The Morgan fingerprint density at radius 1 is 1.61 bits per heavy atom. The van der Waals surface area contributed by atoms with Gasteiger partial charge in [-0.2, -0.15) is 0 Å². The number of hydrogen-bond acceptors (Lipinski definition) is 4. The van der Waals surface area contributed by atoms with E-state index in [1.54, 1.807) is 25.7 Å². The van der Waals surface area contributed by atoms with E-state index in [9.17, 15) is 9.90 Å². The minimum absolute atomic E-state index is 0.220. The van der Waals surface area contributed by atoms with E-state index in [-0.39, 0.29) is 12.6 Å². The summed E-state index contributed by atoms with van der Waals surface area (Å²) in [6, 6.07) is -0.220. The van der Waals surface area contributed by atoms with Crippen LogP contribution in [0.1, 0.15) is 32.2 Å². The van der Waals surface area contributed by atoms with Crippen LogP contribution in [0.2, 0.25) is 0 Å². The monoisotopic (exact) mass is 255 g/mol. The highest BCUT2D eigenvalue weighted by atomic mass is 16.3. The lowest BCUT2D eigenvalue weighted by Crippen LogP contribution is -2.46. The Bertz CT molecular complexity index is 396. The van der Waals surface area contributed by atoms with Gasteiger partial charge in [0, 0.05) is 6.54 Å². The van der Waals surface area contributed by atoms with Gasteiger partial charge in [0.1, 0.15) is 11.5 Å².